The quantitative estimate of drug-likeness (QED) is 0.249. The first-order chi connectivity index (χ1) is 26.1. The van der Waals surface area contributed by atoms with Crippen LogP contribution >= 0.6 is 0 Å². The lowest BCUT2D eigenvalue weighted by Crippen LogP contribution is -2.57. The number of carbonyl (C=O) groups is 3. The Bertz CT molecular complexity index is 1790. The number of aromatic nitrogens is 3. The van der Waals surface area contributed by atoms with Gasteiger partial charge in [0.05, 0.1) is 25.8 Å². The summed E-state index contributed by atoms with van der Waals surface area (Å²) in [7, 11) is 3.91. The number of benzene rings is 1. The number of fused-ring (bicyclic) bond motifs is 3. The van der Waals surface area contributed by atoms with Gasteiger partial charge in [-0.15, -0.1) is 0 Å². The van der Waals surface area contributed by atoms with E-state index in [4.69, 9.17) is 24.3 Å². The fourth-order valence-corrected chi connectivity index (χ4v) is 8.10. The van der Waals surface area contributed by atoms with E-state index in [1.807, 2.05) is 77.1 Å². The van der Waals surface area contributed by atoms with E-state index in [0.717, 1.165) is 67.7 Å². The van der Waals surface area contributed by atoms with Crippen LogP contribution in [0.5, 0.6) is 5.88 Å². The number of hydrogen-bond acceptors (Lipinski definition) is 10. The Morgan fingerprint density at radius 3 is 2.44 bits per heavy atom. The molecule has 4 saturated heterocycles. The predicted octanol–water partition coefficient (Wildman–Crippen LogP) is 5.15. The van der Waals surface area contributed by atoms with Crippen LogP contribution in [-0.4, -0.2) is 130 Å². The lowest BCUT2D eigenvalue weighted by atomic mass is 9.91. The molecule has 14 heteroatoms. The Balaban J connectivity index is 0.939. The van der Waals surface area contributed by atoms with Crippen LogP contribution in [0, 0.1) is 5.92 Å². The molecule has 4 aliphatic heterocycles. The van der Waals surface area contributed by atoms with Crippen molar-refractivity contribution in [3.8, 4) is 5.88 Å². The number of hydrogen-bond donors (Lipinski definition) is 1. The zero-order valence-electron chi connectivity index (χ0n) is 31.9. The second kappa shape index (κ2) is 16.7. The number of rotatable bonds is 12. The van der Waals surface area contributed by atoms with Crippen molar-refractivity contribution in [3.63, 3.8) is 0 Å². The zero-order valence-corrected chi connectivity index (χ0v) is 31.9. The maximum absolute atomic E-state index is 13.3. The molecule has 4 atom stereocenters. The molecule has 0 radical (unpaired) electrons. The number of piperidine rings is 2. The third kappa shape index (κ3) is 8.75. The third-order valence-corrected chi connectivity index (χ3v) is 11.0. The van der Waals surface area contributed by atoms with Crippen molar-refractivity contribution >= 4 is 29.6 Å². The SMILES string of the molecule is CC(C)c1cnn2c(NCC3C[C@H]4CC[C@@H](C3)N4C(=O)OC3CN(C(=O)/C=C/CN(C)C)C3)cc(O[C@@H]3CCCN(C(=O)OCc4ccccc4)C3)nc12. The van der Waals surface area contributed by atoms with E-state index in [-0.39, 0.29) is 54.9 Å². The van der Waals surface area contributed by atoms with Crippen molar-refractivity contribution in [1.82, 2.24) is 34.2 Å². The molecule has 2 aromatic heterocycles. The summed E-state index contributed by atoms with van der Waals surface area (Å²) < 4.78 is 19.8. The van der Waals surface area contributed by atoms with Gasteiger partial charge in [-0.25, -0.2) is 9.59 Å². The lowest BCUT2D eigenvalue weighted by Gasteiger charge is -2.42. The third-order valence-electron chi connectivity index (χ3n) is 11.0. The monoisotopic (exact) mass is 742 g/mol. The zero-order chi connectivity index (χ0) is 37.8. The van der Waals surface area contributed by atoms with Gasteiger partial charge in [-0.1, -0.05) is 50.3 Å². The van der Waals surface area contributed by atoms with Crippen LogP contribution in [0.1, 0.15) is 69.4 Å². The van der Waals surface area contributed by atoms with Gasteiger partial charge in [-0.2, -0.15) is 14.6 Å². The van der Waals surface area contributed by atoms with E-state index < -0.39 is 0 Å². The van der Waals surface area contributed by atoms with Crippen LogP contribution in [0.2, 0.25) is 0 Å². The Morgan fingerprint density at radius 1 is 0.981 bits per heavy atom. The van der Waals surface area contributed by atoms with Gasteiger partial charge in [0.25, 0.3) is 0 Å². The number of carbonyl (C=O) groups excluding carboxylic acids is 3. The maximum Gasteiger partial charge on any atom is 0.410 e. The van der Waals surface area contributed by atoms with Crippen LogP contribution in [0.15, 0.2) is 54.7 Å². The van der Waals surface area contributed by atoms with E-state index >= 15 is 0 Å². The molecule has 0 aliphatic carbocycles. The van der Waals surface area contributed by atoms with E-state index in [0.29, 0.717) is 44.5 Å². The van der Waals surface area contributed by atoms with Crippen molar-refractivity contribution in [1.29, 1.82) is 0 Å². The van der Waals surface area contributed by atoms with Crippen molar-refractivity contribution in [3.05, 3.63) is 65.9 Å². The van der Waals surface area contributed by atoms with Gasteiger partial charge in [0, 0.05) is 49.4 Å². The molecule has 290 valence electrons. The van der Waals surface area contributed by atoms with E-state index in [1.165, 1.54) is 0 Å². The van der Waals surface area contributed by atoms with E-state index in [1.54, 1.807) is 15.9 Å². The highest BCUT2D eigenvalue weighted by atomic mass is 16.6. The van der Waals surface area contributed by atoms with Gasteiger partial charge in [-0.05, 0) is 70.0 Å². The first kappa shape index (κ1) is 37.5. The number of likely N-dealkylation sites (N-methyl/N-ethyl adjacent to an activating group) is 1. The predicted molar refractivity (Wildman–Crippen MR) is 203 cm³/mol. The number of nitrogens with zero attached hydrogens (tertiary/aromatic N) is 7. The number of nitrogens with one attached hydrogen (secondary N) is 1. The second-order valence-corrected chi connectivity index (χ2v) is 15.8. The number of likely N-dealkylation sites (tertiary alicyclic amines) is 2. The Labute approximate surface area is 317 Å². The fraction of sp³-hybridized carbons (Fsp3) is 0.575. The van der Waals surface area contributed by atoms with Crippen molar-refractivity contribution < 1.29 is 28.6 Å². The minimum absolute atomic E-state index is 0.0457. The van der Waals surface area contributed by atoms with Crippen LogP contribution < -0.4 is 10.1 Å². The molecule has 1 N–H and O–H groups in total. The van der Waals surface area contributed by atoms with Crippen LogP contribution in [0.4, 0.5) is 15.4 Å². The first-order valence-corrected chi connectivity index (χ1v) is 19.4. The molecule has 14 nitrogen and oxygen atoms in total. The van der Waals surface area contributed by atoms with Gasteiger partial charge < -0.3 is 39.1 Å². The van der Waals surface area contributed by atoms with Crippen LogP contribution in [0.3, 0.4) is 0 Å². The second-order valence-electron chi connectivity index (χ2n) is 15.8. The summed E-state index contributed by atoms with van der Waals surface area (Å²) in [6.07, 6.45) is 9.56. The van der Waals surface area contributed by atoms with Crippen molar-refractivity contribution in [2.24, 2.45) is 5.92 Å². The smallest absolute Gasteiger partial charge is 0.410 e. The minimum atomic E-state index is -0.338. The standard InChI is InChI=1S/C40H54N8O6/c1-27(2)34-22-42-48-35(20-36(43-38(34)48)53-32-12-8-17-45(23-32)39(50)52-26-28-10-6-5-7-11-28)41-21-29-18-30-14-15-31(19-29)47(30)40(51)54-33-24-46(25-33)37(49)13-9-16-44(3)4/h5-7,9-11,13,20,22,27,29-33,41H,8,12,14-19,21,23-26H2,1-4H3/b13-9+/t29?,30-,31+,32-/m1/s1. The molecular formula is C40H54N8O6. The van der Waals surface area contributed by atoms with Gasteiger partial charge >= 0.3 is 12.2 Å². The molecule has 6 heterocycles. The molecule has 1 unspecified atom stereocenters. The first-order valence-electron chi connectivity index (χ1n) is 19.4. The topological polar surface area (TPSA) is 134 Å². The normalized spacial score (nSPS) is 23.0. The Hall–Kier alpha value is -4.85. The van der Waals surface area contributed by atoms with Crippen LogP contribution in [0.25, 0.3) is 5.65 Å². The number of amides is 3. The molecule has 54 heavy (non-hydrogen) atoms. The molecule has 4 aliphatic rings. The number of ether oxygens (including phenoxy) is 3. The summed E-state index contributed by atoms with van der Waals surface area (Å²) in [5.41, 5.74) is 2.73. The average Bonchev–Trinajstić information content (AvgIpc) is 3.69. The highest BCUT2D eigenvalue weighted by Gasteiger charge is 2.45. The molecule has 2 bridgehead atoms. The average molecular weight is 743 g/mol. The van der Waals surface area contributed by atoms with Crippen molar-refractivity contribution in [2.75, 3.05) is 58.7 Å². The van der Waals surface area contributed by atoms with E-state index in [9.17, 15) is 14.4 Å². The summed E-state index contributed by atoms with van der Waals surface area (Å²) in [4.78, 5) is 50.9. The molecular weight excluding hydrogens is 688 g/mol. The summed E-state index contributed by atoms with van der Waals surface area (Å²) in [6.45, 7) is 7.83. The molecule has 0 spiro atoms. The molecule has 7 rings (SSSR count). The van der Waals surface area contributed by atoms with Gasteiger partial charge in [-0.3, -0.25) is 4.79 Å². The minimum Gasteiger partial charge on any atom is -0.472 e. The largest absolute Gasteiger partial charge is 0.472 e. The molecule has 1 aromatic carbocycles. The highest BCUT2D eigenvalue weighted by molar-refractivity contribution is 5.88. The summed E-state index contributed by atoms with van der Waals surface area (Å²) in [5, 5.41) is 8.36. The molecule has 4 fully saturated rings. The highest BCUT2D eigenvalue weighted by Crippen LogP contribution is 2.40. The Morgan fingerprint density at radius 2 is 1.72 bits per heavy atom. The Kier molecular flexibility index (Phi) is 11.6. The molecule has 3 amide bonds. The lowest BCUT2D eigenvalue weighted by molar-refractivity contribution is -0.136. The summed E-state index contributed by atoms with van der Waals surface area (Å²) in [5.74, 6) is 1.83. The van der Waals surface area contributed by atoms with Gasteiger partial charge in [0.15, 0.2) is 5.65 Å². The molecule has 3 aromatic rings. The van der Waals surface area contributed by atoms with Gasteiger partial charge in [0.2, 0.25) is 11.8 Å². The summed E-state index contributed by atoms with van der Waals surface area (Å²) >= 11 is 0. The van der Waals surface area contributed by atoms with Crippen molar-refractivity contribution in [2.45, 2.75) is 89.2 Å². The molecule has 0 saturated carbocycles. The number of anilines is 1. The van der Waals surface area contributed by atoms with Gasteiger partial charge in [0.1, 0.15) is 24.6 Å². The fourth-order valence-electron chi connectivity index (χ4n) is 8.10. The van der Waals surface area contributed by atoms with Crippen LogP contribution in [-0.2, 0) is 20.9 Å². The van der Waals surface area contributed by atoms with E-state index in [2.05, 4.69) is 19.2 Å². The summed E-state index contributed by atoms with van der Waals surface area (Å²) in [6, 6.07) is 11.9. The maximum atomic E-state index is 13.3.